The summed E-state index contributed by atoms with van der Waals surface area (Å²) in [6.45, 7) is 0. The van der Waals surface area contributed by atoms with Crippen LogP contribution in [0, 0.1) is 5.82 Å². The van der Waals surface area contributed by atoms with E-state index in [1.165, 1.54) is 6.07 Å². The minimum absolute atomic E-state index is 0.0748. The Morgan fingerprint density at radius 2 is 1.78 bits per heavy atom. The molecule has 0 aliphatic heterocycles. The molecule has 3 heteroatoms. The molecule has 0 atom stereocenters. The molecule has 2 nitrogen and oxygen atoms in total. The van der Waals surface area contributed by atoms with Crippen molar-refractivity contribution >= 4 is 11.5 Å². The molecule has 0 saturated heterocycles. The lowest BCUT2D eigenvalue weighted by Crippen LogP contribution is -2.08. The SMILES string of the molecule is CNc1ccccc1C(=O)Cc1ccccc1F. The van der Waals surface area contributed by atoms with Gasteiger partial charge in [-0.3, -0.25) is 4.79 Å². The maximum Gasteiger partial charge on any atom is 0.169 e. The fraction of sp³-hybridized carbons (Fsp3) is 0.133. The highest BCUT2D eigenvalue weighted by molar-refractivity contribution is 6.02. The second kappa shape index (κ2) is 5.45. The molecule has 2 aromatic carbocycles. The van der Waals surface area contributed by atoms with Gasteiger partial charge in [-0.25, -0.2) is 4.39 Å². The molecule has 0 radical (unpaired) electrons. The van der Waals surface area contributed by atoms with E-state index < -0.39 is 0 Å². The van der Waals surface area contributed by atoms with Crippen LogP contribution in [0.15, 0.2) is 48.5 Å². The fourth-order valence-corrected chi connectivity index (χ4v) is 1.85. The predicted octanol–water partition coefficient (Wildman–Crippen LogP) is 3.29. The van der Waals surface area contributed by atoms with Crippen LogP contribution in [0.25, 0.3) is 0 Å². The number of hydrogen-bond acceptors (Lipinski definition) is 2. The van der Waals surface area contributed by atoms with Crippen molar-refractivity contribution in [3.63, 3.8) is 0 Å². The van der Waals surface area contributed by atoms with Gasteiger partial charge in [-0.1, -0.05) is 30.3 Å². The average Bonchev–Trinajstić information content (AvgIpc) is 2.41. The van der Waals surface area contributed by atoms with Crippen LogP contribution in [0.4, 0.5) is 10.1 Å². The van der Waals surface area contributed by atoms with Crippen molar-refractivity contribution in [3.05, 3.63) is 65.5 Å². The lowest BCUT2D eigenvalue weighted by Gasteiger charge is -2.08. The van der Waals surface area contributed by atoms with Gasteiger partial charge in [0.1, 0.15) is 5.82 Å². The summed E-state index contributed by atoms with van der Waals surface area (Å²) < 4.78 is 13.5. The molecule has 0 aromatic heterocycles. The van der Waals surface area contributed by atoms with Gasteiger partial charge in [0.2, 0.25) is 0 Å². The molecule has 0 spiro atoms. The van der Waals surface area contributed by atoms with Crippen molar-refractivity contribution in [2.75, 3.05) is 12.4 Å². The van der Waals surface area contributed by atoms with E-state index in [1.807, 2.05) is 12.1 Å². The molecule has 92 valence electrons. The summed E-state index contributed by atoms with van der Waals surface area (Å²) in [7, 11) is 1.76. The zero-order chi connectivity index (χ0) is 13.0. The fourth-order valence-electron chi connectivity index (χ4n) is 1.85. The average molecular weight is 243 g/mol. The molecule has 2 rings (SSSR count). The molecule has 0 aliphatic rings. The van der Waals surface area contributed by atoms with E-state index in [-0.39, 0.29) is 18.0 Å². The first kappa shape index (κ1) is 12.3. The summed E-state index contributed by atoms with van der Waals surface area (Å²) in [4.78, 5) is 12.1. The number of benzene rings is 2. The number of halogens is 1. The number of para-hydroxylation sites is 1. The van der Waals surface area contributed by atoms with Crippen LogP contribution < -0.4 is 5.32 Å². The van der Waals surface area contributed by atoms with Crippen molar-refractivity contribution in [1.29, 1.82) is 0 Å². The highest BCUT2D eigenvalue weighted by Gasteiger charge is 2.12. The van der Waals surface area contributed by atoms with Gasteiger partial charge in [-0.05, 0) is 23.8 Å². The van der Waals surface area contributed by atoms with E-state index in [1.54, 1.807) is 37.4 Å². The zero-order valence-corrected chi connectivity index (χ0v) is 10.1. The largest absolute Gasteiger partial charge is 0.388 e. The first-order valence-electron chi connectivity index (χ1n) is 5.75. The van der Waals surface area contributed by atoms with Gasteiger partial charge in [-0.15, -0.1) is 0 Å². The molecule has 0 aliphatic carbocycles. The second-order valence-electron chi connectivity index (χ2n) is 3.99. The third kappa shape index (κ3) is 2.56. The van der Waals surface area contributed by atoms with Crippen LogP contribution in [0.2, 0.25) is 0 Å². The topological polar surface area (TPSA) is 29.1 Å². The van der Waals surface area contributed by atoms with Crippen molar-refractivity contribution in [2.24, 2.45) is 0 Å². The van der Waals surface area contributed by atoms with Crippen LogP contribution >= 0.6 is 0 Å². The number of ketones is 1. The van der Waals surface area contributed by atoms with E-state index in [9.17, 15) is 9.18 Å². The van der Waals surface area contributed by atoms with Crippen molar-refractivity contribution < 1.29 is 9.18 Å². The van der Waals surface area contributed by atoms with Gasteiger partial charge in [0.25, 0.3) is 0 Å². The van der Waals surface area contributed by atoms with Gasteiger partial charge in [-0.2, -0.15) is 0 Å². The van der Waals surface area contributed by atoms with Crippen LogP contribution in [0.3, 0.4) is 0 Å². The highest BCUT2D eigenvalue weighted by Crippen LogP contribution is 2.18. The van der Waals surface area contributed by atoms with E-state index in [4.69, 9.17) is 0 Å². The highest BCUT2D eigenvalue weighted by atomic mass is 19.1. The van der Waals surface area contributed by atoms with Crippen LogP contribution in [-0.2, 0) is 6.42 Å². The normalized spacial score (nSPS) is 10.1. The third-order valence-corrected chi connectivity index (χ3v) is 2.81. The van der Waals surface area contributed by atoms with Gasteiger partial charge >= 0.3 is 0 Å². The number of carbonyl (C=O) groups is 1. The molecular formula is C15H14FNO. The first-order valence-corrected chi connectivity index (χ1v) is 5.75. The van der Waals surface area contributed by atoms with E-state index in [0.717, 1.165) is 5.69 Å². The van der Waals surface area contributed by atoms with Crippen molar-refractivity contribution in [2.45, 2.75) is 6.42 Å². The number of hydrogen-bond donors (Lipinski definition) is 1. The Morgan fingerprint density at radius 3 is 2.50 bits per heavy atom. The Morgan fingerprint density at radius 1 is 1.11 bits per heavy atom. The minimum Gasteiger partial charge on any atom is -0.388 e. The molecular weight excluding hydrogens is 229 g/mol. The Hall–Kier alpha value is -2.16. The van der Waals surface area contributed by atoms with E-state index in [0.29, 0.717) is 11.1 Å². The van der Waals surface area contributed by atoms with Gasteiger partial charge in [0, 0.05) is 24.7 Å². The van der Waals surface area contributed by atoms with Crippen molar-refractivity contribution in [1.82, 2.24) is 0 Å². The quantitative estimate of drug-likeness (QED) is 0.835. The van der Waals surface area contributed by atoms with Gasteiger partial charge < -0.3 is 5.32 Å². The van der Waals surface area contributed by atoms with Crippen molar-refractivity contribution in [3.8, 4) is 0 Å². The second-order valence-corrected chi connectivity index (χ2v) is 3.99. The predicted molar refractivity (Wildman–Crippen MR) is 70.4 cm³/mol. The molecule has 0 heterocycles. The van der Waals surface area contributed by atoms with Crippen LogP contribution in [0.5, 0.6) is 0 Å². The summed E-state index contributed by atoms with van der Waals surface area (Å²) in [5.74, 6) is -0.433. The Kier molecular flexibility index (Phi) is 3.72. The Bertz CT molecular complexity index is 566. The lowest BCUT2D eigenvalue weighted by atomic mass is 10.0. The first-order chi connectivity index (χ1) is 8.72. The molecule has 0 unspecified atom stereocenters. The summed E-state index contributed by atoms with van der Waals surface area (Å²) in [5.41, 5.74) is 1.77. The Balaban J connectivity index is 2.25. The van der Waals surface area contributed by atoms with E-state index >= 15 is 0 Å². The molecule has 18 heavy (non-hydrogen) atoms. The van der Waals surface area contributed by atoms with Gasteiger partial charge in [0.15, 0.2) is 5.78 Å². The summed E-state index contributed by atoms with van der Waals surface area (Å²) in [5, 5.41) is 2.96. The summed E-state index contributed by atoms with van der Waals surface area (Å²) in [6, 6.07) is 13.6. The van der Waals surface area contributed by atoms with Gasteiger partial charge in [0.05, 0.1) is 0 Å². The van der Waals surface area contributed by atoms with E-state index in [2.05, 4.69) is 5.32 Å². The Labute approximate surface area is 105 Å². The molecule has 2 aromatic rings. The zero-order valence-electron chi connectivity index (χ0n) is 10.1. The molecule has 0 bridgehead atoms. The number of anilines is 1. The molecule has 1 N–H and O–H groups in total. The summed E-state index contributed by atoms with van der Waals surface area (Å²) in [6.07, 6.45) is 0.0748. The smallest absolute Gasteiger partial charge is 0.169 e. The standard InChI is InChI=1S/C15H14FNO/c1-17-14-9-5-3-7-12(14)15(18)10-11-6-2-4-8-13(11)16/h2-9,17H,10H2,1H3. The summed E-state index contributed by atoms with van der Waals surface area (Å²) >= 11 is 0. The number of Topliss-reactive ketones (excluding diaryl/α,β-unsaturated/α-hetero) is 1. The van der Waals surface area contributed by atoms with Crippen LogP contribution in [0.1, 0.15) is 15.9 Å². The lowest BCUT2D eigenvalue weighted by molar-refractivity contribution is 0.0992. The maximum absolute atomic E-state index is 13.5. The monoisotopic (exact) mass is 243 g/mol. The molecule has 0 fully saturated rings. The number of rotatable bonds is 4. The molecule has 0 saturated carbocycles. The number of carbonyl (C=O) groups excluding carboxylic acids is 1. The third-order valence-electron chi connectivity index (χ3n) is 2.81. The maximum atomic E-state index is 13.5. The number of nitrogens with one attached hydrogen (secondary N) is 1. The minimum atomic E-state index is -0.340. The van der Waals surface area contributed by atoms with Crippen LogP contribution in [-0.4, -0.2) is 12.8 Å². The molecule has 0 amide bonds.